The molecule has 0 radical (unpaired) electrons. The highest BCUT2D eigenvalue weighted by molar-refractivity contribution is 5.99. The number of aromatic amines is 1. The fourth-order valence-electron chi connectivity index (χ4n) is 3.38. The van der Waals surface area contributed by atoms with Crippen LogP contribution in [0.2, 0.25) is 0 Å². The van der Waals surface area contributed by atoms with Crippen molar-refractivity contribution in [3.63, 3.8) is 0 Å². The lowest BCUT2D eigenvalue weighted by molar-refractivity contribution is 0.0946. The predicted molar refractivity (Wildman–Crippen MR) is 98.9 cm³/mol. The number of nitrogens with one attached hydrogen (secondary N) is 2. The third-order valence-electron chi connectivity index (χ3n) is 4.74. The van der Waals surface area contributed by atoms with Crippen molar-refractivity contribution in [3.8, 4) is 11.3 Å². The van der Waals surface area contributed by atoms with E-state index in [4.69, 9.17) is 4.98 Å². The summed E-state index contributed by atoms with van der Waals surface area (Å²) in [7, 11) is 0. The van der Waals surface area contributed by atoms with E-state index < -0.39 is 0 Å². The minimum absolute atomic E-state index is 0.0149. The van der Waals surface area contributed by atoms with Crippen molar-refractivity contribution in [2.45, 2.75) is 20.3 Å². The van der Waals surface area contributed by atoms with Crippen molar-refractivity contribution in [1.29, 1.82) is 0 Å². The van der Waals surface area contributed by atoms with Gasteiger partial charge in [-0.05, 0) is 26.0 Å². The molecule has 2 N–H and O–H groups in total. The number of aromatic nitrogens is 3. The van der Waals surface area contributed by atoms with E-state index in [1.807, 2.05) is 30.5 Å². The van der Waals surface area contributed by atoms with E-state index in [9.17, 15) is 4.79 Å². The van der Waals surface area contributed by atoms with E-state index in [0.29, 0.717) is 6.54 Å². The summed E-state index contributed by atoms with van der Waals surface area (Å²) in [6.07, 6.45) is 2.65. The van der Waals surface area contributed by atoms with Gasteiger partial charge in [0.05, 0.1) is 17.3 Å². The van der Waals surface area contributed by atoms with Crippen molar-refractivity contribution >= 4 is 22.8 Å². The van der Waals surface area contributed by atoms with Gasteiger partial charge in [-0.2, -0.15) is 0 Å². The van der Waals surface area contributed by atoms with Crippen LogP contribution in [-0.4, -0.2) is 40.5 Å². The molecule has 128 valence electrons. The molecule has 4 rings (SSSR count). The lowest BCUT2D eigenvalue weighted by atomic mass is 10.1. The summed E-state index contributed by atoms with van der Waals surface area (Å²) in [6.45, 7) is 6.66. The van der Waals surface area contributed by atoms with Gasteiger partial charge in [-0.15, -0.1) is 0 Å². The highest BCUT2D eigenvalue weighted by Crippen LogP contribution is 2.29. The van der Waals surface area contributed by atoms with Crippen LogP contribution in [-0.2, 0) is 6.42 Å². The van der Waals surface area contributed by atoms with Crippen LogP contribution in [0.15, 0.2) is 30.5 Å². The number of rotatable bonds is 4. The van der Waals surface area contributed by atoms with Gasteiger partial charge in [0.2, 0.25) is 0 Å². The van der Waals surface area contributed by atoms with E-state index >= 15 is 0 Å². The molecule has 3 heterocycles. The van der Waals surface area contributed by atoms with E-state index in [1.165, 1.54) is 0 Å². The van der Waals surface area contributed by atoms with Crippen LogP contribution >= 0.6 is 0 Å². The molecule has 0 unspecified atom stereocenters. The van der Waals surface area contributed by atoms with E-state index in [2.05, 4.69) is 34.0 Å². The van der Waals surface area contributed by atoms with Gasteiger partial charge in [-0.3, -0.25) is 9.78 Å². The molecule has 0 saturated heterocycles. The molecule has 1 aliphatic rings. The van der Waals surface area contributed by atoms with E-state index in [-0.39, 0.29) is 5.91 Å². The second-order valence-corrected chi connectivity index (χ2v) is 6.15. The Morgan fingerprint density at radius 3 is 2.80 bits per heavy atom. The Labute approximate surface area is 146 Å². The molecule has 0 atom stereocenters. The summed E-state index contributed by atoms with van der Waals surface area (Å²) in [5, 5.41) is 2.89. The maximum Gasteiger partial charge on any atom is 0.253 e. The number of carbonyl (C=O) groups excluding carboxylic acids is 1. The van der Waals surface area contributed by atoms with Gasteiger partial charge in [0, 0.05) is 43.0 Å². The molecule has 25 heavy (non-hydrogen) atoms. The van der Waals surface area contributed by atoms with Crippen LogP contribution in [0.4, 0.5) is 5.82 Å². The predicted octanol–water partition coefficient (Wildman–Crippen LogP) is 2.76. The van der Waals surface area contributed by atoms with Crippen LogP contribution in [0, 0.1) is 0 Å². The van der Waals surface area contributed by atoms with Crippen molar-refractivity contribution in [1.82, 2.24) is 20.3 Å². The molecule has 6 heteroatoms. The number of carbonyl (C=O) groups is 1. The Balaban J connectivity index is 1.87. The highest BCUT2D eigenvalue weighted by Gasteiger charge is 2.21. The minimum Gasteiger partial charge on any atom is -0.358 e. The van der Waals surface area contributed by atoms with Gasteiger partial charge in [0.15, 0.2) is 0 Å². The average molecular weight is 335 g/mol. The van der Waals surface area contributed by atoms with Crippen LogP contribution < -0.4 is 10.2 Å². The van der Waals surface area contributed by atoms with Gasteiger partial charge in [-0.25, -0.2) is 4.98 Å². The van der Waals surface area contributed by atoms with Gasteiger partial charge >= 0.3 is 0 Å². The first-order valence-electron chi connectivity index (χ1n) is 8.72. The summed E-state index contributed by atoms with van der Waals surface area (Å²) in [5.41, 5.74) is 5.31. The molecule has 0 aliphatic carbocycles. The molecular weight excluding hydrogens is 314 g/mol. The fraction of sp³-hybridized carbons (Fsp3) is 0.316. The summed E-state index contributed by atoms with van der Waals surface area (Å²) in [6, 6.07) is 7.89. The van der Waals surface area contributed by atoms with E-state index in [0.717, 1.165) is 58.9 Å². The number of amides is 1. The Morgan fingerprint density at radius 2 is 2.04 bits per heavy atom. The molecule has 0 spiro atoms. The molecule has 0 fully saturated rings. The Bertz CT molecular complexity index is 942. The molecule has 1 aromatic carbocycles. The minimum atomic E-state index is -0.0149. The average Bonchev–Trinajstić information content (AvgIpc) is 3.08. The zero-order valence-electron chi connectivity index (χ0n) is 14.5. The Morgan fingerprint density at radius 1 is 1.20 bits per heavy atom. The Kier molecular flexibility index (Phi) is 3.87. The SMILES string of the molecule is CCN(CC)c1cnc2cccc(-c3cc4c([nH]3)CCNC4=O)c2n1. The lowest BCUT2D eigenvalue weighted by Gasteiger charge is -2.19. The van der Waals surface area contributed by atoms with Gasteiger partial charge in [-0.1, -0.05) is 12.1 Å². The van der Waals surface area contributed by atoms with Crippen molar-refractivity contribution in [2.24, 2.45) is 0 Å². The standard InChI is InChI=1S/C19H21N5O/c1-3-24(4-2)17-11-21-15-7-5-6-12(18(15)23-17)16-10-13-14(22-16)8-9-20-19(13)25/h5-7,10-11,22H,3-4,8-9H2,1-2H3,(H,20,25). The number of fused-ring (bicyclic) bond motifs is 2. The van der Waals surface area contributed by atoms with Crippen molar-refractivity contribution < 1.29 is 4.79 Å². The summed E-state index contributed by atoms with van der Waals surface area (Å²) < 4.78 is 0. The van der Waals surface area contributed by atoms with Crippen molar-refractivity contribution in [2.75, 3.05) is 24.5 Å². The molecule has 0 saturated carbocycles. The number of para-hydroxylation sites is 1. The van der Waals surface area contributed by atoms with Crippen LogP contribution in [0.5, 0.6) is 0 Å². The summed E-state index contributed by atoms with van der Waals surface area (Å²) in [4.78, 5) is 27.1. The highest BCUT2D eigenvalue weighted by atomic mass is 16.1. The molecule has 2 aromatic heterocycles. The molecule has 0 bridgehead atoms. The first-order chi connectivity index (χ1) is 12.2. The molecule has 3 aromatic rings. The van der Waals surface area contributed by atoms with Crippen molar-refractivity contribution in [3.05, 3.63) is 41.7 Å². The summed E-state index contributed by atoms with van der Waals surface area (Å²) in [5.74, 6) is 0.859. The number of hydrogen-bond acceptors (Lipinski definition) is 4. The van der Waals surface area contributed by atoms with Gasteiger partial charge < -0.3 is 15.2 Å². The number of anilines is 1. The molecule has 1 amide bonds. The monoisotopic (exact) mass is 335 g/mol. The topological polar surface area (TPSA) is 73.9 Å². The third-order valence-corrected chi connectivity index (χ3v) is 4.74. The second-order valence-electron chi connectivity index (χ2n) is 6.15. The number of nitrogens with zero attached hydrogens (tertiary/aromatic N) is 3. The summed E-state index contributed by atoms with van der Waals surface area (Å²) >= 11 is 0. The molecular formula is C19H21N5O. The van der Waals surface area contributed by atoms with E-state index in [1.54, 1.807) is 0 Å². The third kappa shape index (κ3) is 2.63. The van der Waals surface area contributed by atoms with Crippen LogP contribution in [0.3, 0.4) is 0 Å². The second kappa shape index (κ2) is 6.20. The number of benzene rings is 1. The van der Waals surface area contributed by atoms with Crippen LogP contribution in [0.1, 0.15) is 29.9 Å². The first kappa shape index (κ1) is 15.6. The zero-order valence-corrected chi connectivity index (χ0v) is 14.5. The van der Waals surface area contributed by atoms with Gasteiger partial charge in [0.1, 0.15) is 11.3 Å². The Hall–Kier alpha value is -2.89. The fourth-order valence-corrected chi connectivity index (χ4v) is 3.38. The maximum absolute atomic E-state index is 12.0. The molecule has 1 aliphatic heterocycles. The largest absolute Gasteiger partial charge is 0.358 e. The number of H-pyrrole nitrogens is 1. The van der Waals surface area contributed by atoms with Gasteiger partial charge in [0.25, 0.3) is 5.91 Å². The number of hydrogen-bond donors (Lipinski definition) is 2. The van der Waals surface area contributed by atoms with Crippen LogP contribution in [0.25, 0.3) is 22.3 Å². The normalized spacial score (nSPS) is 13.6. The lowest BCUT2D eigenvalue weighted by Crippen LogP contribution is -2.31. The zero-order chi connectivity index (χ0) is 17.4. The quantitative estimate of drug-likeness (QED) is 0.769. The maximum atomic E-state index is 12.0. The first-order valence-corrected chi connectivity index (χ1v) is 8.72. The smallest absolute Gasteiger partial charge is 0.253 e. The molecule has 6 nitrogen and oxygen atoms in total.